The monoisotopic (exact) mass is 256 g/mol. The molecule has 1 saturated heterocycles. The van der Waals surface area contributed by atoms with E-state index in [4.69, 9.17) is 0 Å². The van der Waals surface area contributed by atoms with Gasteiger partial charge < -0.3 is 16.0 Å². The van der Waals surface area contributed by atoms with E-state index in [9.17, 15) is 14.4 Å². The van der Waals surface area contributed by atoms with E-state index in [2.05, 4.69) is 21.3 Å². The highest BCUT2D eigenvalue weighted by Crippen LogP contribution is 1.92. The van der Waals surface area contributed by atoms with Crippen molar-refractivity contribution in [2.24, 2.45) is 0 Å². The minimum atomic E-state index is -0.598. The summed E-state index contributed by atoms with van der Waals surface area (Å²) in [6, 6.07) is -1.06. The second-order valence-corrected chi connectivity index (χ2v) is 4.63. The summed E-state index contributed by atoms with van der Waals surface area (Å²) in [4.78, 5) is 34.3. The van der Waals surface area contributed by atoms with Crippen molar-refractivity contribution in [1.29, 1.82) is 0 Å². The van der Waals surface area contributed by atoms with Gasteiger partial charge in [0.2, 0.25) is 17.7 Å². The first kappa shape index (κ1) is 14.4. The molecule has 4 N–H and O–H groups in total. The van der Waals surface area contributed by atoms with E-state index in [1.807, 2.05) is 13.8 Å². The summed E-state index contributed by atoms with van der Waals surface area (Å²) in [5.74, 6) is -0.649. The smallest absolute Gasteiger partial charge is 0.242 e. The molecule has 0 radical (unpaired) electrons. The van der Waals surface area contributed by atoms with Gasteiger partial charge in [-0.25, -0.2) is 0 Å². The summed E-state index contributed by atoms with van der Waals surface area (Å²) in [5, 5.41) is 10.7. The third-order valence-electron chi connectivity index (χ3n) is 2.51. The van der Waals surface area contributed by atoms with Gasteiger partial charge in [0.15, 0.2) is 0 Å². The average Bonchev–Trinajstić information content (AvgIpc) is 2.28. The van der Waals surface area contributed by atoms with Crippen LogP contribution in [0, 0.1) is 0 Å². The summed E-state index contributed by atoms with van der Waals surface area (Å²) in [6.07, 6.45) is 0. The van der Waals surface area contributed by atoms with Crippen LogP contribution in [0.25, 0.3) is 0 Å². The fraction of sp³-hybridized carbons (Fsp3) is 0.727. The number of piperazine rings is 1. The molecule has 1 rings (SSSR count). The average molecular weight is 256 g/mol. The second kappa shape index (κ2) is 6.34. The van der Waals surface area contributed by atoms with Gasteiger partial charge in [-0.15, -0.1) is 0 Å². The largest absolute Gasteiger partial charge is 0.353 e. The molecule has 3 amide bonds. The van der Waals surface area contributed by atoms with Crippen molar-refractivity contribution in [3.8, 4) is 0 Å². The summed E-state index contributed by atoms with van der Waals surface area (Å²) in [6.45, 7) is 5.68. The van der Waals surface area contributed by atoms with Gasteiger partial charge in [-0.2, -0.15) is 0 Å². The predicted octanol–water partition coefficient (Wildman–Crippen LogP) is -1.90. The standard InChI is InChI=1S/C11H20N4O3/c1-6(2)14-10(17)7(3)15-11(18)8-4-13-9(16)5-12-8/h6-8,12H,4-5H2,1-3H3,(H,13,16)(H,14,17)(H,15,18). The van der Waals surface area contributed by atoms with E-state index < -0.39 is 12.1 Å². The molecular weight excluding hydrogens is 236 g/mol. The Morgan fingerprint density at radius 3 is 2.44 bits per heavy atom. The molecule has 7 heteroatoms. The molecule has 1 fully saturated rings. The molecule has 2 atom stereocenters. The SMILES string of the molecule is CC(C)NC(=O)C(C)NC(=O)C1CNC(=O)CN1. The highest BCUT2D eigenvalue weighted by atomic mass is 16.2. The molecule has 0 aromatic carbocycles. The molecule has 102 valence electrons. The fourth-order valence-electron chi connectivity index (χ4n) is 1.54. The molecule has 0 aliphatic carbocycles. The van der Waals surface area contributed by atoms with Gasteiger partial charge in [0, 0.05) is 12.6 Å². The topological polar surface area (TPSA) is 99.3 Å². The van der Waals surface area contributed by atoms with Crippen molar-refractivity contribution in [3.63, 3.8) is 0 Å². The lowest BCUT2D eigenvalue weighted by Gasteiger charge is -2.25. The van der Waals surface area contributed by atoms with Crippen molar-refractivity contribution in [3.05, 3.63) is 0 Å². The zero-order valence-corrected chi connectivity index (χ0v) is 10.9. The molecule has 7 nitrogen and oxygen atoms in total. The minimum Gasteiger partial charge on any atom is -0.353 e. The maximum Gasteiger partial charge on any atom is 0.242 e. The number of carbonyl (C=O) groups is 3. The third kappa shape index (κ3) is 4.33. The summed E-state index contributed by atoms with van der Waals surface area (Å²) < 4.78 is 0. The van der Waals surface area contributed by atoms with E-state index in [0.717, 1.165) is 0 Å². The van der Waals surface area contributed by atoms with E-state index in [0.29, 0.717) is 0 Å². The Morgan fingerprint density at radius 2 is 1.94 bits per heavy atom. The van der Waals surface area contributed by atoms with Crippen LogP contribution in [-0.2, 0) is 14.4 Å². The minimum absolute atomic E-state index is 0.0314. The normalized spacial score (nSPS) is 21.1. The number of hydrogen-bond acceptors (Lipinski definition) is 4. The van der Waals surface area contributed by atoms with Crippen LogP contribution in [0.2, 0.25) is 0 Å². The fourth-order valence-corrected chi connectivity index (χ4v) is 1.54. The van der Waals surface area contributed by atoms with Gasteiger partial charge in [-0.1, -0.05) is 0 Å². The molecule has 0 spiro atoms. The third-order valence-corrected chi connectivity index (χ3v) is 2.51. The Kier molecular flexibility index (Phi) is 5.08. The Hall–Kier alpha value is -1.63. The lowest BCUT2D eigenvalue weighted by atomic mass is 10.2. The summed E-state index contributed by atoms with van der Waals surface area (Å²) in [7, 11) is 0. The number of amides is 3. The molecule has 1 aliphatic rings. The van der Waals surface area contributed by atoms with Crippen LogP contribution >= 0.6 is 0 Å². The second-order valence-electron chi connectivity index (χ2n) is 4.63. The van der Waals surface area contributed by atoms with Gasteiger partial charge in [-0.05, 0) is 20.8 Å². The van der Waals surface area contributed by atoms with Crippen LogP contribution in [0.3, 0.4) is 0 Å². The van der Waals surface area contributed by atoms with Gasteiger partial charge in [0.05, 0.1) is 6.54 Å². The van der Waals surface area contributed by atoms with Crippen LogP contribution in [0.15, 0.2) is 0 Å². The summed E-state index contributed by atoms with van der Waals surface area (Å²) >= 11 is 0. The van der Waals surface area contributed by atoms with E-state index in [-0.39, 0.29) is 36.9 Å². The number of nitrogens with one attached hydrogen (secondary N) is 4. The first-order valence-electron chi connectivity index (χ1n) is 6.01. The maximum atomic E-state index is 11.8. The molecule has 1 heterocycles. The molecule has 0 aromatic rings. The quantitative estimate of drug-likeness (QED) is 0.472. The van der Waals surface area contributed by atoms with Gasteiger partial charge in [0.1, 0.15) is 12.1 Å². The highest BCUT2D eigenvalue weighted by Gasteiger charge is 2.26. The Morgan fingerprint density at radius 1 is 1.28 bits per heavy atom. The van der Waals surface area contributed by atoms with E-state index >= 15 is 0 Å². The van der Waals surface area contributed by atoms with Crippen molar-refractivity contribution in [2.75, 3.05) is 13.1 Å². The number of hydrogen-bond donors (Lipinski definition) is 4. The number of carbonyl (C=O) groups excluding carboxylic acids is 3. The van der Waals surface area contributed by atoms with Crippen LogP contribution in [-0.4, -0.2) is 48.9 Å². The van der Waals surface area contributed by atoms with Crippen molar-refractivity contribution < 1.29 is 14.4 Å². The van der Waals surface area contributed by atoms with Crippen molar-refractivity contribution in [2.45, 2.75) is 38.9 Å². The molecule has 18 heavy (non-hydrogen) atoms. The van der Waals surface area contributed by atoms with Crippen LogP contribution in [0.4, 0.5) is 0 Å². The van der Waals surface area contributed by atoms with Gasteiger partial charge >= 0.3 is 0 Å². The molecule has 0 bridgehead atoms. The molecule has 0 aromatic heterocycles. The highest BCUT2D eigenvalue weighted by molar-refractivity contribution is 5.91. The summed E-state index contributed by atoms with van der Waals surface area (Å²) in [5.41, 5.74) is 0. The molecule has 2 unspecified atom stereocenters. The zero-order valence-electron chi connectivity index (χ0n) is 10.9. The van der Waals surface area contributed by atoms with Crippen LogP contribution in [0.1, 0.15) is 20.8 Å². The van der Waals surface area contributed by atoms with Crippen LogP contribution in [0.5, 0.6) is 0 Å². The number of rotatable bonds is 4. The molecule has 0 saturated carbocycles. The first-order chi connectivity index (χ1) is 8.40. The zero-order chi connectivity index (χ0) is 13.7. The lowest BCUT2D eigenvalue weighted by molar-refractivity contribution is -0.131. The van der Waals surface area contributed by atoms with Crippen molar-refractivity contribution >= 4 is 17.7 Å². The van der Waals surface area contributed by atoms with E-state index in [1.54, 1.807) is 6.92 Å². The van der Waals surface area contributed by atoms with Gasteiger partial charge in [0.25, 0.3) is 0 Å². The maximum absolute atomic E-state index is 11.8. The first-order valence-corrected chi connectivity index (χ1v) is 6.01. The van der Waals surface area contributed by atoms with Crippen molar-refractivity contribution in [1.82, 2.24) is 21.3 Å². The molecule has 1 aliphatic heterocycles. The molecular formula is C11H20N4O3. The Bertz CT molecular complexity index is 333. The lowest BCUT2D eigenvalue weighted by Crippen LogP contribution is -2.60. The van der Waals surface area contributed by atoms with Crippen LogP contribution < -0.4 is 21.3 Å². The van der Waals surface area contributed by atoms with E-state index in [1.165, 1.54) is 0 Å². The Labute approximate surface area is 106 Å². The predicted molar refractivity (Wildman–Crippen MR) is 65.7 cm³/mol. The Balaban J connectivity index is 2.39. The van der Waals surface area contributed by atoms with Gasteiger partial charge in [-0.3, -0.25) is 19.7 Å².